The van der Waals surface area contributed by atoms with Crippen molar-refractivity contribution in [1.82, 2.24) is 0 Å². The van der Waals surface area contributed by atoms with Crippen molar-refractivity contribution in [2.75, 3.05) is 0 Å². The van der Waals surface area contributed by atoms with Crippen LogP contribution in [-0.2, 0) is 4.79 Å². The van der Waals surface area contributed by atoms with E-state index in [0.29, 0.717) is 11.5 Å². The van der Waals surface area contributed by atoms with Gasteiger partial charge in [0.15, 0.2) is 0 Å². The van der Waals surface area contributed by atoms with Crippen molar-refractivity contribution in [3.05, 3.63) is 36.0 Å². The van der Waals surface area contributed by atoms with Crippen molar-refractivity contribution >= 4 is 17.7 Å². The first-order chi connectivity index (χ1) is 8.07. The summed E-state index contributed by atoms with van der Waals surface area (Å²) in [6.45, 7) is 6.20. The summed E-state index contributed by atoms with van der Waals surface area (Å²) in [5.74, 6) is 0.653. The first-order valence-corrected chi connectivity index (χ1v) is 6.74. The van der Waals surface area contributed by atoms with Gasteiger partial charge in [-0.15, -0.1) is 12.6 Å². The molecule has 0 aromatic carbocycles. The average Bonchev–Trinajstić information content (AvgIpc) is 2.29. The Morgan fingerprint density at radius 3 is 2.47 bits per heavy atom. The monoisotopic (exact) mass is 252 g/mol. The fourth-order valence-corrected chi connectivity index (χ4v) is 1.38. The van der Waals surface area contributed by atoms with Crippen LogP contribution in [-0.4, -0.2) is 5.12 Å². The van der Waals surface area contributed by atoms with Gasteiger partial charge in [-0.1, -0.05) is 50.6 Å². The zero-order chi connectivity index (χ0) is 13.1. The molecule has 0 heterocycles. The number of allylic oxidation sites excluding steroid dienone is 5. The number of carbonyl (C=O) groups is 1. The average molecular weight is 252 g/mol. The molecular formula is C15H24OS. The van der Waals surface area contributed by atoms with E-state index in [4.69, 9.17) is 0 Å². The van der Waals surface area contributed by atoms with Crippen molar-refractivity contribution in [2.45, 2.75) is 46.5 Å². The first-order valence-electron chi connectivity index (χ1n) is 6.29. The highest BCUT2D eigenvalue weighted by atomic mass is 32.1. The summed E-state index contributed by atoms with van der Waals surface area (Å²) in [6, 6.07) is 0. The number of hydrogen-bond donors (Lipinski definition) is 1. The van der Waals surface area contributed by atoms with Crippen molar-refractivity contribution in [2.24, 2.45) is 5.92 Å². The van der Waals surface area contributed by atoms with Crippen LogP contribution in [0.5, 0.6) is 0 Å². The maximum Gasteiger partial charge on any atom is 0.212 e. The molecule has 0 aliphatic heterocycles. The quantitative estimate of drug-likeness (QED) is 0.286. The van der Waals surface area contributed by atoms with Gasteiger partial charge in [0.25, 0.3) is 0 Å². The van der Waals surface area contributed by atoms with E-state index >= 15 is 0 Å². The van der Waals surface area contributed by atoms with E-state index in [2.05, 4.69) is 44.7 Å². The molecule has 0 rings (SSSR count). The van der Waals surface area contributed by atoms with Crippen molar-refractivity contribution in [3.8, 4) is 0 Å². The second-order valence-corrected chi connectivity index (χ2v) is 4.83. The lowest BCUT2D eigenvalue weighted by Crippen LogP contribution is -1.89. The van der Waals surface area contributed by atoms with Gasteiger partial charge in [-0.3, -0.25) is 4.79 Å². The van der Waals surface area contributed by atoms with E-state index in [0.717, 1.165) is 12.8 Å². The van der Waals surface area contributed by atoms with Crippen molar-refractivity contribution < 1.29 is 4.79 Å². The number of hydrogen-bond acceptors (Lipinski definition) is 1. The van der Waals surface area contributed by atoms with Gasteiger partial charge in [-0.25, -0.2) is 0 Å². The molecule has 1 unspecified atom stereocenters. The Balaban J connectivity index is 3.84. The lowest BCUT2D eigenvalue weighted by molar-refractivity contribution is -0.107. The van der Waals surface area contributed by atoms with Gasteiger partial charge in [0.2, 0.25) is 5.12 Å². The van der Waals surface area contributed by atoms with E-state index in [1.165, 1.54) is 12.8 Å². The summed E-state index contributed by atoms with van der Waals surface area (Å²) in [5.41, 5.74) is 0.681. The summed E-state index contributed by atoms with van der Waals surface area (Å²) < 4.78 is 0. The second-order valence-electron chi connectivity index (χ2n) is 4.42. The van der Waals surface area contributed by atoms with Crippen LogP contribution < -0.4 is 0 Å². The van der Waals surface area contributed by atoms with Crippen LogP contribution in [0, 0.1) is 5.92 Å². The van der Waals surface area contributed by atoms with Crippen LogP contribution >= 0.6 is 12.6 Å². The molecule has 1 atom stereocenters. The third-order valence-corrected chi connectivity index (χ3v) is 2.87. The highest BCUT2D eigenvalue weighted by molar-refractivity contribution is 7.97. The highest BCUT2D eigenvalue weighted by Gasteiger charge is 1.96. The highest BCUT2D eigenvalue weighted by Crippen LogP contribution is 2.10. The van der Waals surface area contributed by atoms with E-state index in [9.17, 15) is 4.79 Å². The predicted octanol–water partition coefficient (Wildman–Crippen LogP) is 4.72. The van der Waals surface area contributed by atoms with Gasteiger partial charge in [0, 0.05) is 5.57 Å². The maximum absolute atomic E-state index is 10.8. The standard InChI is InChI=1S/C15H24OS/c1-4-5-6-7-10-13(2)11-8-9-12-14(3)15(16)17/h6-9,12-13H,4-5,10-11H2,1-3H3,(H,16,17)/b7-6+,9-8+,14-12+. The SMILES string of the molecule is CCC/C=C/CC(C)C/C=C/C=C(\C)C(=O)S. The second kappa shape index (κ2) is 10.4. The van der Waals surface area contributed by atoms with Crippen LogP contribution in [0.15, 0.2) is 36.0 Å². The summed E-state index contributed by atoms with van der Waals surface area (Å²) >= 11 is 3.75. The van der Waals surface area contributed by atoms with Crippen molar-refractivity contribution in [3.63, 3.8) is 0 Å². The molecule has 17 heavy (non-hydrogen) atoms. The zero-order valence-corrected chi connectivity index (χ0v) is 12.0. The van der Waals surface area contributed by atoms with E-state index < -0.39 is 0 Å². The lowest BCUT2D eigenvalue weighted by Gasteiger charge is -2.03. The van der Waals surface area contributed by atoms with Crippen LogP contribution in [0.1, 0.15) is 46.5 Å². The van der Waals surface area contributed by atoms with Gasteiger partial charge in [-0.2, -0.15) is 0 Å². The van der Waals surface area contributed by atoms with Gasteiger partial charge in [0.05, 0.1) is 0 Å². The van der Waals surface area contributed by atoms with Crippen molar-refractivity contribution in [1.29, 1.82) is 0 Å². The third kappa shape index (κ3) is 10.1. The van der Waals surface area contributed by atoms with Crippen LogP contribution in [0.3, 0.4) is 0 Å². The molecule has 0 aliphatic carbocycles. The predicted molar refractivity (Wildman–Crippen MR) is 79.3 cm³/mol. The largest absolute Gasteiger partial charge is 0.282 e. The van der Waals surface area contributed by atoms with Gasteiger partial charge >= 0.3 is 0 Å². The van der Waals surface area contributed by atoms with Gasteiger partial charge < -0.3 is 0 Å². The Labute approximate surface area is 111 Å². The number of unbranched alkanes of at least 4 members (excludes halogenated alkanes) is 1. The molecule has 96 valence electrons. The first kappa shape index (κ1) is 16.2. The Morgan fingerprint density at radius 1 is 1.24 bits per heavy atom. The molecule has 0 spiro atoms. The fourth-order valence-electron chi connectivity index (χ4n) is 1.30. The topological polar surface area (TPSA) is 17.1 Å². The van der Waals surface area contributed by atoms with Crippen LogP contribution in [0.2, 0.25) is 0 Å². The van der Waals surface area contributed by atoms with E-state index in [1.807, 2.05) is 12.2 Å². The molecule has 0 saturated carbocycles. The molecule has 0 N–H and O–H groups in total. The summed E-state index contributed by atoms with van der Waals surface area (Å²) in [7, 11) is 0. The maximum atomic E-state index is 10.8. The summed E-state index contributed by atoms with van der Waals surface area (Å²) in [6.07, 6.45) is 14.9. The van der Waals surface area contributed by atoms with E-state index in [1.54, 1.807) is 6.92 Å². The minimum absolute atomic E-state index is 0.162. The molecule has 0 fully saturated rings. The molecule has 0 radical (unpaired) electrons. The Bertz CT molecular complexity index is 300. The minimum Gasteiger partial charge on any atom is -0.282 e. The summed E-state index contributed by atoms with van der Waals surface area (Å²) in [5, 5.41) is -0.162. The molecule has 0 aliphatic rings. The Hall–Kier alpha value is -0.760. The molecule has 0 bridgehead atoms. The molecule has 0 amide bonds. The summed E-state index contributed by atoms with van der Waals surface area (Å²) in [4.78, 5) is 10.8. The molecule has 0 saturated heterocycles. The zero-order valence-electron chi connectivity index (χ0n) is 11.1. The van der Waals surface area contributed by atoms with E-state index in [-0.39, 0.29) is 5.12 Å². The Morgan fingerprint density at radius 2 is 1.88 bits per heavy atom. The van der Waals surface area contributed by atoms with Gasteiger partial charge in [0.1, 0.15) is 0 Å². The molecule has 1 nitrogen and oxygen atoms in total. The number of carbonyl (C=O) groups excluding carboxylic acids is 1. The Kier molecular flexibility index (Phi) is 9.93. The fraction of sp³-hybridized carbons (Fsp3) is 0.533. The molecule has 0 aromatic heterocycles. The van der Waals surface area contributed by atoms with Crippen LogP contribution in [0.25, 0.3) is 0 Å². The van der Waals surface area contributed by atoms with Crippen LogP contribution in [0.4, 0.5) is 0 Å². The molecular weight excluding hydrogens is 228 g/mol. The smallest absolute Gasteiger partial charge is 0.212 e. The lowest BCUT2D eigenvalue weighted by atomic mass is 10.0. The van der Waals surface area contributed by atoms with Gasteiger partial charge in [-0.05, 0) is 32.1 Å². The number of thiol groups is 1. The number of rotatable bonds is 8. The third-order valence-electron chi connectivity index (χ3n) is 2.52. The molecule has 0 aromatic rings. The molecule has 2 heteroatoms. The minimum atomic E-state index is -0.162. The normalized spacial score (nSPS) is 14.7.